The minimum Gasteiger partial charge on any atom is -0.325 e. The molecule has 26 heavy (non-hydrogen) atoms. The SMILES string of the molecule is Cc1cc(S(=O)(=O)Nc2n[nH]c(Nc3ccc(Br)cc3)n2)c(S)cc1Cl. The molecule has 3 rings (SSSR count). The minimum atomic E-state index is -3.91. The fraction of sp³-hybridized carbons (Fsp3) is 0.0667. The lowest BCUT2D eigenvalue weighted by molar-refractivity contribution is 0.599. The Labute approximate surface area is 169 Å². The second-order valence-corrected chi connectivity index (χ2v) is 8.77. The van der Waals surface area contributed by atoms with Gasteiger partial charge in [-0.2, -0.15) is 4.98 Å². The van der Waals surface area contributed by atoms with Gasteiger partial charge in [0.1, 0.15) is 4.90 Å². The molecule has 0 spiro atoms. The van der Waals surface area contributed by atoms with E-state index in [0.717, 1.165) is 10.2 Å². The van der Waals surface area contributed by atoms with Crippen molar-refractivity contribution in [1.82, 2.24) is 15.2 Å². The summed E-state index contributed by atoms with van der Waals surface area (Å²) in [5.74, 6) is 0.202. The van der Waals surface area contributed by atoms with Gasteiger partial charge >= 0.3 is 0 Å². The van der Waals surface area contributed by atoms with Crippen LogP contribution in [0.5, 0.6) is 0 Å². The van der Waals surface area contributed by atoms with Crippen molar-refractivity contribution in [2.24, 2.45) is 0 Å². The van der Waals surface area contributed by atoms with Crippen LogP contribution in [0.3, 0.4) is 0 Å². The van der Waals surface area contributed by atoms with Crippen molar-refractivity contribution >= 4 is 67.8 Å². The molecule has 1 aromatic heterocycles. The maximum atomic E-state index is 12.6. The van der Waals surface area contributed by atoms with Gasteiger partial charge in [-0.05, 0) is 48.9 Å². The van der Waals surface area contributed by atoms with Crippen LogP contribution >= 0.6 is 40.2 Å². The number of aromatic nitrogens is 3. The zero-order chi connectivity index (χ0) is 18.9. The molecule has 11 heteroatoms. The predicted octanol–water partition coefficient (Wildman–Crippen LogP) is 4.36. The van der Waals surface area contributed by atoms with E-state index in [2.05, 4.69) is 53.8 Å². The first kappa shape index (κ1) is 19.0. The van der Waals surface area contributed by atoms with Gasteiger partial charge in [0.25, 0.3) is 16.0 Å². The first-order valence-corrected chi connectivity index (χ1v) is 10.3. The molecule has 0 fully saturated rings. The standard InChI is InChI=1S/C15H13BrClN5O2S2/c1-8-6-13(12(25)7-11(8)17)26(23,24)22-15-19-14(20-21-15)18-10-4-2-9(16)3-5-10/h2-7,25H,1H3,(H3,18,19,20,21,22). The zero-order valence-corrected chi connectivity index (χ0v) is 17.3. The molecule has 3 N–H and O–H groups in total. The van der Waals surface area contributed by atoms with Gasteiger partial charge in [-0.3, -0.25) is 0 Å². The first-order chi connectivity index (χ1) is 12.2. The lowest BCUT2D eigenvalue weighted by atomic mass is 10.2. The van der Waals surface area contributed by atoms with Crippen LogP contribution in [-0.2, 0) is 10.0 Å². The summed E-state index contributed by atoms with van der Waals surface area (Å²) in [6.07, 6.45) is 0. The van der Waals surface area contributed by atoms with Gasteiger partial charge in [-0.25, -0.2) is 18.2 Å². The molecule has 0 unspecified atom stereocenters. The molecule has 0 atom stereocenters. The van der Waals surface area contributed by atoms with Gasteiger partial charge in [-0.15, -0.1) is 17.7 Å². The van der Waals surface area contributed by atoms with Crippen molar-refractivity contribution < 1.29 is 8.42 Å². The normalized spacial score (nSPS) is 11.4. The lowest BCUT2D eigenvalue weighted by Crippen LogP contribution is -2.15. The number of nitrogens with zero attached hydrogens (tertiary/aromatic N) is 2. The molecule has 0 amide bonds. The summed E-state index contributed by atoms with van der Waals surface area (Å²) in [6, 6.07) is 10.3. The average molecular weight is 475 g/mol. The van der Waals surface area contributed by atoms with Crippen molar-refractivity contribution in [2.75, 3.05) is 10.0 Å². The van der Waals surface area contributed by atoms with E-state index in [1.165, 1.54) is 12.1 Å². The van der Waals surface area contributed by atoms with E-state index in [1.807, 2.05) is 24.3 Å². The quantitative estimate of drug-likeness (QED) is 0.412. The van der Waals surface area contributed by atoms with Gasteiger partial charge in [0.05, 0.1) is 0 Å². The number of nitrogens with one attached hydrogen (secondary N) is 3. The highest BCUT2D eigenvalue weighted by atomic mass is 79.9. The van der Waals surface area contributed by atoms with E-state index in [1.54, 1.807) is 6.92 Å². The molecular formula is C15H13BrClN5O2S2. The summed E-state index contributed by atoms with van der Waals surface area (Å²) < 4.78 is 28.4. The molecule has 0 saturated heterocycles. The molecule has 0 bridgehead atoms. The fourth-order valence-corrected chi connectivity index (χ4v) is 4.23. The van der Waals surface area contributed by atoms with Crippen LogP contribution in [-0.4, -0.2) is 23.6 Å². The number of hydrogen-bond acceptors (Lipinski definition) is 6. The minimum absolute atomic E-state index is 0.00467. The summed E-state index contributed by atoms with van der Waals surface area (Å²) in [6.45, 7) is 1.71. The van der Waals surface area contributed by atoms with Crippen molar-refractivity contribution in [1.29, 1.82) is 0 Å². The molecule has 7 nitrogen and oxygen atoms in total. The number of benzene rings is 2. The smallest absolute Gasteiger partial charge is 0.265 e. The molecular weight excluding hydrogens is 462 g/mol. The lowest BCUT2D eigenvalue weighted by Gasteiger charge is -2.09. The molecule has 1 heterocycles. The Bertz CT molecular complexity index is 1050. The third kappa shape index (κ3) is 4.32. The van der Waals surface area contributed by atoms with Gasteiger partial charge in [0, 0.05) is 20.1 Å². The van der Waals surface area contributed by atoms with Gasteiger partial charge < -0.3 is 5.32 Å². The molecule has 2 aromatic carbocycles. The number of aromatic amines is 1. The molecule has 0 radical (unpaired) electrons. The Morgan fingerprint density at radius 2 is 1.92 bits per heavy atom. The Morgan fingerprint density at radius 3 is 2.62 bits per heavy atom. The van der Waals surface area contributed by atoms with Crippen LogP contribution in [0, 0.1) is 6.92 Å². The Balaban J connectivity index is 1.80. The second kappa shape index (κ2) is 7.47. The number of sulfonamides is 1. The molecule has 136 valence electrons. The predicted molar refractivity (Wildman–Crippen MR) is 108 cm³/mol. The molecule has 0 aliphatic heterocycles. The van der Waals surface area contributed by atoms with E-state index in [0.29, 0.717) is 16.5 Å². The summed E-state index contributed by atoms with van der Waals surface area (Å²) in [5.41, 5.74) is 1.39. The molecule has 0 saturated carbocycles. The number of hydrogen-bond donors (Lipinski definition) is 4. The van der Waals surface area contributed by atoms with Crippen LogP contribution in [0.4, 0.5) is 17.6 Å². The highest BCUT2D eigenvalue weighted by molar-refractivity contribution is 9.10. The van der Waals surface area contributed by atoms with Crippen LogP contribution in [0.1, 0.15) is 5.56 Å². The van der Waals surface area contributed by atoms with Crippen molar-refractivity contribution in [3.63, 3.8) is 0 Å². The van der Waals surface area contributed by atoms with E-state index in [-0.39, 0.29) is 15.7 Å². The maximum absolute atomic E-state index is 12.6. The monoisotopic (exact) mass is 473 g/mol. The van der Waals surface area contributed by atoms with Crippen LogP contribution in [0.25, 0.3) is 0 Å². The van der Waals surface area contributed by atoms with E-state index in [9.17, 15) is 8.42 Å². The van der Waals surface area contributed by atoms with Crippen molar-refractivity contribution in [3.05, 3.63) is 51.5 Å². The third-order valence-corrected chi connectivity index (χ3v) is 6.17. The van der Waals surface area contributed by atoms with E-state index >= 15 is 0 Å². The highest BCUT2D eigenvalue weighted by Crippen LogP contribution is 2.28. The number of thiol groups is 1. The summed E-state index contributed by atoms with van der Waals surface area (Å²) in [5, 5.41) is 9.91. The Morgan fingerprint density at radius 1 is 1.23 bits per heavy atom. The highest BCUT2D eigenvalue weighted by Gasteiger charge is 2.21. The van der Waals surface area contributed by atoms with Gasteiger partial charge in [0.15, 0.2) is 0 Å². The molecule has 0 aliphatic rings. The summed E-state index contributed by atoms with van der Waals surface area (Å²) in [7, 11) is -3.91. The number of halogens is 2. The number of rotatable bonds is 5. The molecule has 0 aliphatic carbocycles. The number of anilines is 3. The van der Waals surface area contributed by atoms with Crippen molar-refractivity contribution in [3.8, 4) is 0 Å². The maximum Gasteiger partial charge on any atom is 0.265 e. The third-order valence-electron chi connectivity index (χ3n) is 3.35. The largest absolute Gasteiger partial charge is 0.325 e. The number of H-pyrrole nitrogens is 1. The van der Waals surface area contributed by atoms with E-state index < -0.39 is 10.0 Å². The Hall–Kier alpha value is -1.75. The van der Waals surface area contributed by atoms with Crippen LogP contribution in [0.2, 0.25) is 5.02 Å². The Kier molecular flexibility index (Phi) is 5.47. The van der Waals surface area contributed by atoms with Crippen LogP contribution in [0.15, 0.2) is 50.7 Å². The fourth-order valence-electron chi connectivity index (χ4n) is 2.07. The van der Waals surface area contributed by atoms with Gasteiger partial charge in [0.2, 0.25) is 5.95 Å². The topological polar surface area (TPSA) is 99.8 Å². The average Bonchev–Trinajstić information content (AvgIpc) is 2.99. The zero-order valence-electron chi connectivity index (χ0n) is 13.3. The number of aryl methyl sites for hydroxylation is 1. The van der Waals surface area contributed by atoms with Gasteiger partial charge in [-0.1, -0.05) is 27.5 Å². The van der Waals surface area contributed by atoms with E-state index in [4.69, 9.17) is 11.6 Å². The van der Waals surface area contributed by atoms with Crippen molar-refractivity contribution in [2.45, 2.75) is 16.7 Å². The summed E-state index contributed by atoms with van der Waals surface area (Å²) >= 11 is 13.5. The summed E-state index contributed by atoms with van der Waals surface area (Å²) in [4.78, 5) is 4.31. The van der Waals surface area contributed by atoms with Crippen LogP contribution < -0.4 is 10.0 Å². The molecule has 3 aromatic rings. The second-order valence-electron chi connectivity index (χ2n) is 5.31. The first-order valence-electron chi connectivity index (χ1n) is 7.21.